The third-order valence-corrected chi connectivity index (χ3v) is 4.06. The summed E-state index contributed by atoms with van der Waals surface area (Å²) in [7, 11) is -5.41. The van der Waals surface area contributed by atoms with Crippen LogP contribution in [0.3, 0.4) is 0 Å². The van der Waals surface area contributed by atoms with E-state index in [0.717, 1.165) is 0 Å². The summed E-state index contributed by atoms with van der Waals surface area (Å²) in [4.78, 5) is 9.25. The van der Waals surface area contributed by atoms with Crippen molar-refractivity contribution in [3.63, 3.8) is 0 Å². The van der Waals surface area contributed by atoms with Crippen molar-refractivity contribution >= 4 is 15.8 Å². The minimum absolute atomic E-state index is 0.0109. The average Bonchev–Trinajstić information content (AvgIpc) is 2.25. The number of hydrogen-bond donors (Lipinski definition) is 1. The van der Waals surface area contributed by atoms with E-state index >= 15 is 0 Å². The molecule has 0 bridgehead atoms. The molecule has 0 aliphatic rings. The lowest BCUT2D eigenvalue weighted by Gasteiger charge is -2.14. The Morgan fingerprint density at radius 3 is 1.95 bits per heavy atom. The number of rotatable bonds is 3. The Morgan fingerprint density at radius 2 is 1.60 bits per heavy atom. The van der Waals surface area contributed by atoms with E-state index in [1.807, 2.05) is 0 Å². The number of hydrogen-bond acceptors (Lipinski definition) is 3. The van der Waals surface area contributed by atoms with Crippen LogP contribution in [0.1, 0.15) is 22.8 Å². The first-order valence-electron chi connectivity index (χ1n) is 4.85. The van der Waals surface area contributed by atoms with Crippen LogP contribution in [0.2, 0.25) is 0 Å². The van der Waals surface area contributed by atoms with Crippen molar-refractivity contribution in [1.29, 1.82) is 0 Å². The molecule has 0 saturated heterocycles. The van der Waals surface area contributed by atoms with Gasteiger partial charge in [-0.05, 0) is 18.2 Å². The number of aromatic carboxylic acids is 1. The van der Waals surface area contributed by atoms with E-state index in [1.54, 1.807) is 0 Å². The lowest BCUT2D eigenvalue weighted by molar-refractivity contribution is -0.137. The molecule has 0 amide bonds. The summed E-state index contributed by atoms with van der Waals surface area (Å²) in [6.45, 7) is -0.0109. The van der Waals surface area contributed by atoms with Gasteiger partial charge in [0.05, 0.1) is 16.0 Å². The van der Waals surface area contributed by atoms with Gasteiger partial charge in [-0.3, -0.25) is 0 Å². The predicted molar refractivity (Wildman–Crippen MR) is 56.2 cm³/mol. The zero-order chi connectivity index (χ0) is 15.9. The Labute approximate surface area is 109 Å². The monoisotopic (exact) mass is 318 g/mol. The van der Waals surface area contributed by atoms with Gasteiger partial charge in [0.15, 0.2) is 0 Å². The summed E-state index contributed by atoms with van der Waals surface area (Å²) in [5, 5.41) is 4.28. The molecule has 0 aromatic heterocycles. The third-order valence-electron chi connectivity index (χ3n) is 2.26. The molecule has 4 nitrogen and oxygen atoms in total. The predicted octanol–water partition coefficient (Wildman–Crippen LogP) is 2.79. The van der Waals surface area contributed by atoms with Gasteiger partial charge in [-0.1, -0.05) is 0 Å². The average molecular weight is 318 g/mol. The van der Waals surface area contributed by atoms with Crippen molar-refractivity contribution in [3.8, 4) is 0 Å². The highest BCUT2D eigenvalue weighted by atomic mass is 32.2. The molecule has 0 fully saturated rings. The smallest absolute Gasteiger partial charge is 0.416 e. The second-order valence-electron chi connectivity index (χ2n) is 3.86. The molecule has 1 aromatic carbocycles. The van der Waals surface area contributed by atoms with Crippen LogP contribution in [0.4, 0.5) is 22.0 Å². The first-order valence-corrected chi connectivity index (χ1v) is 6.33. The van der Waals surface area contributed by atoms with E-state index in [2.05, 4.69) is 0 Å². The zero-order valence-corrected chi connectivity index (χ0v) is 10.5. The molecule has 1 rings (SSSR count). The highest BCUT2D eigenvalue weighted by molar-refractivity contribution is 7.92. The Morgan fingerprint density at radius 1 is 1.10 bits per heavy atom. The number of halogens is 5. The maximum atomic E-state index is 12.9. The Balaban J connectivity index is 3.66. The summed E-state index contributed by atoms with van der Waals surface area (Å²) < 4.78 is 86.2. The van der Waals surface area contributed by atoms with Gasteiger partial charge in [0.2, 0.25) is 9.84 Å². The van der Waals surface area contributed by atoms with Gasteiger partial charge in [-0.15, -0.1) is 0 Å². The third kappa shape index (κ3) is 3.06. The summed E-state index contributed by atoms with van der Waals surface area (Å²) >= 11 is 0. The van der Waals surface area contributed by atoms with Crippen LogP contribution in [-0.4, -0.2) is 24.7 Å². The normalized spacial score (nSPS) is 13.3. The largest absolute Gasteiger partial charge is 0.478 e. The molecule has 20 heavy (non-hydrogen) atoms. The molecule has 0 unspecified atom stereocenters. The van der Waals surface area contributed by atoms with Crippen molar-refractivity contribution in [1.82, 2.24) is 0 Å². The van der Waals surface area contributed by atoms with Gasteiger partial charge in [-0.2, -0.15) is 22.0 Å². The number of carboxylic acid groups (broad SMARTS) is 1. The highest BCUT2D eigenvalue weighted by Gasteiger charge is 2.42. The molecule has 1 N–H and O–H groups in total. The lowest BCUT2D eigenvalue weighted by atomic mass is 10.1. The molecule has 1 aromatic rings. The number of alkyl halides is 5. The summed E-state index contributed by atoms with van der Waals surface area (Å²) in [6.07, 6.45) is -5.07. The minimum atomic E-state index is -5.41. The molecule has 0 radical (unpaired) electrons. The number of sulfone groups is 1. The first-order chi connectivity index (χ1) is 8.76. The van der Waals surface area contributed by atoms with Crippen LogP contribution >= 0.6 is 0 Å². The van der Waals surface area contributed by atoms with E-state index < -0.39 is 43.3 Å². The second kappa shape index (κ2) is 4.69. The van der Waals surface area contributed by atoms with E-state index in [9.17, 15) is 35.2 Å². The SMILES string of the molecule is CC(F)(F)S(=O)(=O)c1cc(C(=O)O)cc(C(F)(F)F)c1. The van der Waals surface area contributed by atoms with E-state index in [0.29, 0.717) is 0 Å². The molecule has 0 spiro atoms. The number of carboxylic acids is 1. The Bertz CT molecular complexity index is 643. The topological polar surface area (TPSA) is 71.4 Å². The maximum Gasteiger partial charge on any atom is 0.416 e. The Kier molecular flexibility index (Phi) is 3.83. The van der Waals surface area contributed by atoms with Crippen molar-refractivity contribution in [2.24, 2.45) is 0 Å². The first kappa shape index (κ1) is 16.3. The fraction of sp³-hybridized carbons (Fsp3) is 0.300. The molecule has 112 valence electrons. The van der Waals surface area contributed by atoms with Crippen molar-refractivity contribution in [3.05, 3.63) is 29.3 Å². The van der Waals surface area contributed by atoms with Gasteiger partial charge in [0.25, 0.3) is 0 Å². The summed E-state index contributed by atoms with van der Waals surface area (Å²) in [5.41, 5.74) is -2.69. The van der Waals surface area contributed by atoms with Gasteiger partial charge in [-0.25, -0.2) is 13.2 Å². The molecular formula is C10H7F5O4S. The number of benzene rings is 1. The van der Waals surface area contributed by atoms with Crippen LogP contribution in [-0.2, 0) is 16.0 Å². The van der Waals surface area contributed by atoms with Crippen LogP contribution in [0.15, 0.2) is 23.1 Å². The quantitative estimate of drug-likeness (QED) is 0.870. The van der Waals surface area contributed by atoms with Crippen LogP contribution < -0.4 is 0 Å². The molecular weight excluding hydrogens is 311 g/mol. The van der Waals surface area contributed by atoms with Crippen LogP contribution in [0, 0.1) is 0 Å². The Hall–Kier alpha value is -1.71. The molecule has 0 heterocycles. The lowest BCUT2D eigenvalue weighted by Crippen LogP contribution is -2.25. The van der Waals surface area contributed by atoms with Gasteiger partial charge >= 0.3 is 17.4 Å². The second-order valence-corrected chi connectivity index (χ2v) is 6.06. The molecule has 10 heteroatoms. The maximum absolute atomic E-state index is 12.9. The minimum Gasteiger partial charge on any atom is -0.478 e. The van der Waals surface area contributed by atoms with Crippen molar-refractivity contribution in [2.45, 2.75) is 23.3 Å². The van der Waals surface area contributed by atoms with Crippen molar-refractivity contribution < 1.29 is 40.3 Å². The zero-order valence-electron chi connectivity index (χ0n) is 9.70. The van der Waals surface area contributed by atoms with Crippen LogP contribution in [0.25, 0.3) is 0 Å². The van der Waals surface area contributed by atoms with E-state index in [4.69, 9.17) is 5.11 Å². The fourth-order valence-corrected chi connectivity index (χ4v) is 2.23. The molecule has 0 aliphatic carbocycles. The molecule has 0 aliphatic heterocycles. The van der Waals surface area contributed by atoms with Gasteiger partial charge < -0.3 is 5.11 Å². The van der Waals surface area contributed by atoms with Gasteiger partial charge in [0, 0.05) is 6.92 Å². The van der Waals surface area contributed by atoms with Crippen LogP contribution in [0.5, 0.6) is 0 Å². The summed E-state index contributed by atoms with van der Waals surface area (Å²) in [5.74, 6) is -1.87. The highest BCUT2D eigenvalue weighted by Crippen LogP contribution is 2.35. The van der Waals surface area contributed by atoms with Gasteiger partial charge in [0.1, 0.15) is 0 Å². The molecule has 0 atom stereocenters. The van der Waals surface area contributed by atoms with E-state index in [1.165, 1.54) is 0 Å². The molecule has 0 saturated carbocycles. The standard InChI is InChI=1S/C10H7F5O4S/c1-9(11,12)20(18,19)7-3-5(8(16)17)2-6(4-7)10(13,14)15/h2-4H,1H3,(H,16,17). The van der Waals surface area contributed by atoms with Crippen molar-refractivity contribution in [2.75, 3.05) is 0 Å². The number of carbonyl (C=O) groups is 1. The fourth-order valence-electron chi connectivity index (χ4n) is 1.25. The van der Waals surface area contributed by atoms with E-state index in [-0.39, 0.29) is 25.1 Å². The summed E-state index contributed by atoms with van der Waals surface area (Å²) in [6, 6.07) is 0.388.